The fourth-order valence-corrected chi connectivity index (χ4v) is 1.52. The van der Waals surface area contributed by atoms with Gasteiger partial charge in [-0.1, -0.05) is 6.92 Å². The molecule has 0 spiro atoms. The van der Waals surface area contributed by atoms with E-state index in [0.29, 0.717) is 19.6 Å². The van der Waals surface area contributed by atoms with Crippen molar-refractivity contribution in [2.75, 3.05) is 19.7 Å². The number of aliphatic hydroxyl groups is 1. The number of rotatable bonds is 4. The van der Waals surface area contributed by atoms with E-state index in [0.717, 1.165) is 0 Å². The smallest absolute Gasteiger partial charge is 0.224 e. The summed E-state index contributed by atoms with van der Waals surface area (Å²) in [5.41, 5.74) is 4.44. The molecule has 1 rings (SSSR count). The topological polar surface area (TPSA) is 84.6 Å². The zero-order valence-electron chi connectivity index (χ0n) is 9.32. The van der Waals surface area contributed by atoms with Gasteiger partial charge in [0.25, 0.3) is 0 Å². The highest BCUT2D eigenvalue weighted by atomic mass is 16.5. The highest BCUT2D eigenvalue weighted by molar-refractivity contribution is 5.78. The quantitative estimate of drug-likeness (QED) is 0.576. The number of hydrogen-bond donors (Lipinski definition) is 3. The number of carbonyl (C=O) groups is 1. The van der Waals surface area contributed by atoms with Gasteiger partial charge in [-0.15, -0.1) is 0 Å². The van der Waals surface area contributed by atoms with Crippen LogP contribution in [0.3, 0.4) is 0 Å². The van der Waals surface area contributed by atoms with E-state index in [1.807, 2.05) is 6.92 Å². The molecule has 1 aliphatic rings. The molecule has 0 radical (unpaired) electrons. The molecule has 15 heavy (non-hydrogen) atoms. The van der Waals surface area contributed by atoms with E-state index in [4.69, 9.17) is 10.5 Å². The van der Waals surface area contributed by atoms with Crippen molar-refractivity contribution >= 4 is 5.91 Å². The monoisotopic (exact) mass is 216 g/mol. The number of carbonyl (C=O) groups excluding carboxylic acids is 1. The number of nitrogens with two attached hydrogens (primary N) is 1. The summed E-state index contributed by atoms with van der Waals surface area (Å²) in [5, 5.41) is 12.8. The number of hydrogen-bond acceptors (Lipinski definition) is 4. The van der Waals surface area contributed by atoms with Crippen LogP contribution in [0.5, 0.6) is 0 Å². The maximum absolute atomic E-state index is 11.4. The minimum Gasteiger partial charge on any atom is -0.385 e. The Bertz CT molecular complexity index is 235. The zero-order chi connectivity index (χ0) is 11.5. The van der Waals surface area contributed by atoms with Crippen molar-refractivity contribution in [2.24, 2.45) is 11.7 Å². The first kappa shape index (κ1) is 12.4. The normalized spacial score (nSPS) is 32.7. The molecule has 1 saturated heterocycles. The lowest BCUT2D eigenvalue weighted by Crippen LogP contribution is -2.49. The number of amides is 1. The van der Waals surface area contributed by atoms with Gasteiger partial charge in [0.2, 0.25) is 5.91 Å². The van der Waals surface area contributed by atoms with E-state index < -0.39 is 5.60 Å². The van der Waals surface area contributed by atoms with Crippen LogP contribution in [0.2, 0.25) is 0 Å². The summed E-state index contributed by atoms with van der Waals surface area (Å²) in [7, 11) is 0. The predicted molar refractivity (Wildman–Crippen MR) is 56.2 cm³/mol. The maximum atomic E-state index is 11.4. The van der Waals surface area contributed by atoms with Gasteiger partial charge in [0.15, 0.2) is 0 Å². The van der Waals surface area contributed by atoms with Crippen molar-refractivity contribution in [3.05, 3.63) is 0 Å². The Labute approximate surface area is 90.0 Å². The highest BCUT2D eigenvalue weighted by Gasteiger charge is 2.39. The Balaban J connectivity index is 2.39. The molecule has 1 amide bonds. The van der Waals surface area contributed by atoms with Crippen LogP contribution >= 0.6 is 0 Å². The molecular formula is C10H20N2O3. The van der Waals surface area contributed by atoms with Gasteiger partial charge >= 0.3 is 0 Å². The van der Waals surface area contributed by atoms with Gasteiger partial charge in [-0.2, -0.15) is 0 Å². The highest BCUT2D eigenvalue weighted by Crippen LogP contribution is 2.24. The van der Waals surface area contributed by atoms with Crippen molar-refractivity contribution < 1.29 is 14.6 Å². The molecule has 1 fully saturated rings. The molecule has 3 unspecified atom stereocenters. The molecule has 0 aliphatic carbocycles. The van der Waals surface area contributed by atoms with E-state index in [1.54, 1.807) is 6.92 Å². The van der Waals surface area contributed by atoms with Gasteiger partial charge in [0.1, 0.15) is 5.60 Å². The molecule has 4 N–H and O–H groups in total. The van der Waals surface area contributed by atoms with Crippen LogP contribution in [0.15, 0.2) is 0 Å². The van der Waals surface area contributed by atoms with Crippen LogP contribution in [0, 0.1) is 5.92 Å². The van der Waals surface area contributed by atoms with Crippen LogP contribution < -0.4 is 11.1 Å². The molecule has 0 aromatic rings. The molecule has 3 atom stereocenters. The van der Waals surface area contributed by atoms with Crippen molar-refractivity contribution in [2.45, 2.75) is 32.0 Å². The summed E-state index contributed by atoms with van der Waals surface area (Å²) in [6, 6.07) is 0. The van der Waals surface area contributed by atoms with E-state index in [-0.39, 0.29) is 24.5 Å². The molecule has 0 aromatic carbocycles. The van der Waals surface area contributed by atoms with Crippen LogP contribution in [0.25, 0.3) is 0 Å². The van der Waals surface area contributed by atoms with E-state index in [2.05, 4.69) is 5.32 Å². The second-order valence-electron chi connectivity index (χ2n) is 4.22. The summed E-state index contributed by atoms with van der Waals surface area (Å²) in [6.07, 6.45) is 0.330. The Morgan fingerprint density at radius 3 is 2.93 bits per heavy atom. The van der Waals surface area contributed by atoms with Gasteiger partial charge in [0, 0.05) is 32.0 Å². The molecule has 5 nitrogen and oxygen atoms in total. The van der Waals surface area contributed by atoms with Gasteiger partial charge in [-0.05, 0) is 6.92 Å². The lowest BCUT2D eigenvalue weighted by Gasteiger charge is -2.26. The van der Waals surface area contributed by atoms with Crippen LogP contribution in [0.1, 0.15) is 20.3 Å². The van der Waals surface area contributed by atoms with E-state index >= 15 is 0 Å². The van der Waals surface area contributed by atoms with Crippen molar-refractivity contribution in [1.29, 1.82) is 0 Å². The average Bonchev–Trinajstić information content (AvgIpc) is 2.55. The molecule has 1 aliphatic heterocycles. The predicted octanol–water partition coefficient (Wildman–Crippen LogP) is -0.763. The Morgan fingerprint density at radius 2 is 2.47 bits per heavy atom. The second-order valence-corrected chi connectivity index (χ2v) is 4.22. The standard InChI is InChI=1S/C10H20N2O3/c1-7(5-11)9(13)12-6-10(14)3-4-15-8(10)2/h7-8,14H,3-6,11H2,1-2H3,(H,12,13). The Morgan fingerprint density at radius 1 is 1.80 bits per heavy atom. The fraction of sp³-hybridized carbons (Fsp3) is 0.900. The first-order chi connectivity index (χ1) is 6.99. The average molecular weight is 216 g/mol. The summed E-state index contributed by atoms with van der Waals surface area (Å²) < 4.78 is 5.26. The lowest BCUT2D eigenvalue weighted by atomic mass is 9.96. The van der Waals surface area contributed by atoms with Gasteiger partial charge in [0.05, 0.1) is 6.10 Å². The number of nitrogens with one attached hydrogen (secondary N) is 1. The molecule has 0 saturated carbocycles. The van der Waals surface area contributed by atoms with Crippen molar-refractivity contribution in [1.82, 2.24) is 5.32 Å². The first-order valence-electron chi connectivity index (χ1n) is 5.31. The maximum Gasteiger partial charge on any atom is 0.224 e. The molecule has 1 heterocycles. The molecule has 0 aromatic heterocycles. The van der Waals surface area contributed by atoms with Crippen LogP contribution in [-0.4, -0.2) is 42.4 Å². The summed E-state index contributed by atoms with van der Waals surface area (Å²) in [6.45, 7) is 4.66. The van der Waals surface area contributed by atoms with Crippen molar-refractivity contribution in [3.63, 3.8) is 0 Å². The third-order valence-electron chi connectivity index (χ3n) is 3.03. The fourth-order valence-electron chi connectivity index (χ4n) is 1.52. The van der Waals surface area contributed by atoms with Gasteiger partial charge in [-0.25, -0.2) is 0 Å². The largest absolute Gasteiger partial charge is 0.385 e. The molecule has 5 heteroatoms. The molecular weight excluding hydrogens is 196 g/mol. The van der Waals surface area contributed by atoms with Crippen molar-refractivity contribution in [3.8, 4) is 0 Å². The zero-order valence-corrected chi connectivity index (χ0v) is 9.32. The van der Waals surface area contributed by atoms with E-state index in [9.17, 15) is 9.90 Å². The third kappa shape index (κ3) is 2.90. The molecule has 88 valence electrons. The van der Waals surface area contributed by atoms with Gasteiger partial charge < -0.3 is 20.9 Å². The summed E-state index contributed by atoms with van der Waals surface area (Å²) >= 11 is 0. The summed E-state index contributed by atoms with van der Waals surface area (Å²) in [5.74, 6) is -0.337. The minimum atomic E-state index is -0.927. The first-order valence-corrected chi connectivity index (χ1v) is 5.31. The van der Waals surface area contributed by atoms with E-state index in [1.165, 1.54) is 0 Å². The van der Waals surface area contributed by atoms with Gasteiger partial charge in [-0.3, -0.25) is 4.79 Å². The Kier molecular flexibility index (Phi) is 4.07. The SMILES string of the molecule is CC(CN)C(=O)NCC1(O)CCOC1C. The second kappa shape index (κ2) is 4.92. The minimum absolute atomic E-state index is 0.120. The van der Waals surface area contributed by atoms with Crippen LogP contribution in [0.4, 0.5) is 0 Å². The van der Waals surface area contributed by atoms with Crippen LogP contribution in [-0.2, 0) is 9.53 Å². The lowest BCUT2D eigenvalue weighted by molar-refractivity contribution is -0.126. The Hall–Kier alpha value is -0.650. The molecule has 0 bridgehead atoms. The number of ether oxygens (including phenoxy) is 1. The third-order valence-corrected chi connectivity index (χ3v) is 3.03. The summed E-state index contributed by atoms with van der Waals surface area (Å²) in [4.78, 5) is 11.4.